The van der Waals surface area contributed by atoms with Crippen LogP contribution in [0.3, 0.4) is 0 Å². The topological polar surface area (TPSA) is 76.0 Å². The second-order valence-corrected chi connectivity index (χ2v) is 11.8. The first-order chi connectivity index (χ1) is 15.6. The van der Waals surface area contributed by atoms with E-state index >= 15 is 0 Å². The number of aliphatic carboxylic acids is 1. The van der Waals surface area contributed by atoms with Crippen LogP contribution in [0.4, 0.5) is 0 Å². The molecule has 2 aromatic rings. The first-order valence-corrected chi connectivity index (χ1v) is 12.1. The van der Waals surface area contributed by atoms with Crippen molar-refractivity contribution in [2.75, 3.05) is 13.2 Å². The zero-order chi connectivity index (χ0) is 25.7. The van der Waals surface area contributed by atoms with Gasteiger partial charge in [-0.15, -0.1) is 0 Å². The Kier molecular flexibility index (Phi) is 8.68. The molecular weight excluding hydrogens is 428 g/mol. The standard InChI is InChI=1S/C29H42O5/c1-27(2,3)23-18-22(19-24(25(23)30)28(4,5)6)34-17-14-20-10-12-21(13-11-20)33-16-9-15-29(7,8)26(31)32/h10-13,18-19,30H,9,14-17H2,1-8H3,(H,31,32). The van der Waals surface area contributed by atoms with Crippen LogP contribution < -0.4 is 9.47 Å². The van der Waals surface area contributed by atoms with Gasteiger partial charge in [0, 0.05) is 17.5 Å². The summed E-state index contributed by atoms with van der Waals surface area (Å²) in [5.41, 5.74) is 1.81. The Balaban J connectivity index is 1.94. The monoisotopic (exact) mass is 470 g/mol. The van der Waals surface area contributed by atoms with Crippen LogP contribution in [0.1, 0.15) is 84.9 Å². The minimum atomic E-state index is -0.782. The van der Waals surface area contributed by atoms with Gasteiger partial charge in [-0.3, -0.25) is 4.79 Å². The lowest BCUT2D eigenvalue weighted by molar-refractivity contribution is -0.147. The second-order valence-electron chi connectivity index (χ2n) is 11.8. The summed E-state index contributed by atoms with van der Waals surface area (Å²) in [5, 5.41) is 20.0. The van der Waals surface area contributed by atoms with E-state index in [2.05, 4.69) is 41.5 Å². The summed E-state index contributed by atoms with van der Waals surface area (Å²) in [7, 11) is 0. The summed E-state index contributed by atoms with van der Waals surface area (Å²) < 4.78 is 11.9. The first kappa shape index (κ1) is 27.6. The van der Waals surface area contributed by atoms with Gasteiger partial charge >= 0.3 is 5.97 Å². The molecule has 0 spiro atoms. The van der Waals surface area contributed by atoms with Crippen molar-refractivity contribution in [3.05, 3.63) is 53.1 Å². The van der Waals surface area contributed by atoms with Crippen molar-refractivity contribution in [3.63, 3.8) is 0 Å². The summed E-state index contributed by atoms with van der Waals surface area (Å²) in [4.78, 5) is 11.2. The molecule has 0 aliphatic rings. The Morgan fingerprint density at radius 1 is 0.794 bits per heavy atom. The third-order valence-corrected chi connectivity index (χ3v) is 6.08. The third kappa shape index (κ3) is 7.68. The molecule has 0 aliphatic heterocycles. The van der Waals surface area contributed by atoms with E-state index in [-0.39, 0.29) is 10.8 Å². The summed E-state index contributed by atoms with van der Waals surface area (Å²) >= 11 is 0. The van der Waals surface area contributed by atoms with Crippen LogP contribution in [-0.2, 0) is 22.0 Å². The van der Waals surface area contributed by atoms with Crippen LogP contribution in [0.2, 0.25) is 0 Å². The van der Waals surface area contributed by atoms with Gasteiger partial charge in [-0.25, -0.2) is 0 Å². The Morgan fingerprint density at radius 3 is 1.76 bits per heavy atom. The van der Waals surface area contributed by atoms with Crippen molar-refractivity contribution in [2.45, 2.75) is 85.5 Å². The van der Waals surface area contributed by atoms with Crippen molar-refractivity contribution in [2.24, 2.45) is 5.41 Å². The molecule has 0 aromatic heterocycles. The van der Waals surface area contributed by atoms with Gasteiger partial charge in [0.2, 0.25) is 0 Å². The predicted molar refractivity (Wildman–Crippen MR) is 137 cm³/mol. The molecule has 2 aromatic carbocycles. The highest BCUT2D eigenvalue weighted by Crippen LogP contribution is 2.41. The number of hydrogen-bond acceptors (Lipinski definition) is 4. The molecule has 0 aliphatic carbocycles. The van der Waals surface area contributed by atoms with Crippen LogP contribution in [-0.4, -0.2) is 29.4 Å². The fraction of sp³-hybridized carbons (Fsp3) is 0.552. The maximum atomic E-state index is 11.2. The van der Waals surface area contributed by atoms with E-state index in [1.54, 1.807) is 13.8 Å². The number of phenols is 1. The lowest BCUT2D eigenvalue weighted by atomic mass is 9.79. The average molecular weight is 471 g/mol. The molecule has 5 nitrogen and oxygen atoms in total. The number of rotatable bonds is 10. The summed E-state index contributed by atoms with van der Waals surface area (Å²) in [5.74, 6) is 1.13. The molecule has 34 heavy (non-hydrogen) atoms. The van der Waals surface area contributed by atoms with E-state index in [0.29, 0.717) is 31.8 Å². The molecule has 0 saturated carbocycles. The number of benzene rings is 2. The van der Waals surface area contributed by atoms with Crippen molar-refractivity contribution in [1.29, 1.82) is 0 Å². The quantitative estimate of drug-likeness (QED) is 0.370. The summed E-state index contributed by atoms with van der Waals surface area (Å²) in [6.07, 6.45) is 2.02. The minimum absolute atomic E-state index is 0.192. The van der Waals surface area contributed by atoms with Crippen molar-refractivity contribution < 1.29 is 24.5 Å². The van der Waals surface area contributed by atoms with Gasteiger partial charge in [-0.2, -0.15) is 0 Å². The van der Waals surface area contributed by atoms with Crippen molar-refractivity contribution in [1.82, 2.24) is 0 Å². The van der Waals surface area contributed by atoms with Crippen LogP contribution in [0.5, 0.6) is 17.2 Å². The van der Waals surface area contributed by atoms with Gasteiger partial charge < -0.3 is 19.7 Å². The Hall–Kier alpha value is -2.69. The molecule has 0 heterocycles. The summed E-state index contributed by atoms with van der Waals surface area (Å²) in [6.45, 7) is 17.0. The van der Waals surface area contributed by atoms with Gasteiger partial charge in [-0.05, 0) is 67.3 Å². The first-order valence-electron chi connectivity index (χ1n) is 12.1. The molecule has 2 N–H and O–H groups in total. The number of carboxylic acids is 1. The van der Waals surface area contributed by atoms with Gasteiger partial charge in [0.05, 0.1) is 18.6 Å². The normalized spacial score (nSPS) is 12.5. The lowest BCUT2D eigenvalue weighted by Crippen LogP contribution is -2.24. The maximum Gasteiger partial charge on any atom is 0.309 e. The van der Waals surface area contributed by atoms with Crippen LogP contribution in [0.15, 0.2) is 36.4 Å². The molecule has 0 unspecified atom stereocenters. The predicted octanol–water partition coefficient (Wildman–Crippen LogP) is 6.88. The largest absolute Gasteiger partial charge is 0.507 e. The number of hydrogen-bond donors (Lipinski definition) is 2. The van der Waals surface area contributed by atoms with Gasteiger partial charge in [0.25, 0.3) is 0 Å². The smallest absolute Gasteiger partial charge is 0.309 e. The highest BCUT2D eigenvalue weighted by atomic mass is 16.5. The average Bonchev–Trinajstić information content (AvgIpc) is 2.71. The summed E-state index contributed by atoms with van der Waals surface area (Å²) in [6, 6.07) is 11.8. The van der Waals surface area contributed by atoms with Crippen LogP contribution in [0, 0.1) is 5.41 Å². The Labute approximate surface area is 205 Å². The van der Waals surface area contributed by atoms with Crippen molar-refractivity contribution >= 4 is 5.97 Å². The SMILES string of the molecule is CC(C)(CCCOc1ccc(CCOc2cc(C(C)(C)C)c(O)c(C(C)(C)C)c2)cc1)C(=O)O. The van der Waals surface area contributed by atoms with Gasteiger partial charge in [-0.1, -0.05) is 53.7 Å². The van der Waals surface area contributed by atoms with Crippen molar-refractivity contribution in [3.8, 4) is 17.2 Å². The molecule has 2 rings (SSSR count). The lowest BCUT2D eigenvalue weighted by Gasteiger charge is -2.28. The number of aromatic hydroxyl groups is 1. The Morgan fingerprint density at radius 2 is 1.29 bits per heavy atom. The van der Waals surface area contributed by atoms with E-state index in [4.69, 9.17) is 9.47 Å². The highest BCUT2D eigenvalue weighted by molar-refractivity contribution is 5.73. The Bertz CT molecular complexity index is 924. The van der Waals surface area contributed by atoms with Gasteiger partial charge in [0.15, 0.2) is 0 Å². The molecule has 0 fully saturated rings. The second kappa shape index (κ2) is 10.7. The molecule has 188 valence electrons. The molecule has 0 amide bonds. The number of carbonyl (C=O) groups is 1. The van der Waals surface area contributed by atoms with E-state index in [1.807, 2.05) is 36.4 Å². The number of phenolic OH excluding ortho intramolecular Hbond substituents is 1. The zero-order valence-corrected chi connectivity index (χ0v) is 22.1. The van der Waals surface area contributed by atoms with E-state index in [9.17, 15) is 15.0 Å². The maximum absolute atomic E-state index is 11.2. The minimum Gasteiger partial charge on any atom is -0.507 e. The fourth-order valence-electron chi connectivity index (χ4n) is 3.68. The zero-order valence-electron chi connectivity index (χ0n) is 22.1. The molecule has 0 atom stereocenters. The molecular formula is C29H42O5. The molecule has 5 heteroatoms. The van der Waals surface area contributed by atoms with Crippen LogP contribution in [0.25, 0.3) is 0 Å². The van der Waals surface area contributed by atoms with E-state index in [1.165, 1.54) is 0 Å². The van der Waals surface area contributed by atoms with E-state index < -0.39 is 11.4 Å². The molecule has 0 bridgehead atoms. The van der Waals surface area contributed by atoms with Gasteiger partial charge in [0.1, 0.15) is 17.2 Å². The molecule has 0 saturated heterocycles. The number of ether oxygens (including phenoxy) is 2. The highest BCUT2D eigenvalue weighted by Gasteiger charge is 2.27. The third-order valence-electron chi connectivity index (χ3n) is 6.08. The number of carboxylic acid groups (broad SMARTS) is 1. The van der Waals surface area contributed by atoms with E-state index in [0.717, 1.165) is 34.6 Å². The van der Waals surface area contributed by atoms with Crippen LogP contribution >= 0.6 is 0 Å². The fourth-order valence-corrected chi connectivity index (χ4v) is 3.68. The molecule has 0 radical (unpaired) electrons.